The number of carbonyl (C=O) groups excluding carboxylic acids is 3. The molecule has 2 aromatic rings. The Balaban J connectivity index is 0.000000319. The van der Waals surface area contributed by atoms with Gasteiger partial charge in [0.15, 0.2) is 0 Å². The van der Waals surface area contributed by atoms with E-state index in [-0.39, 0.29) is 5.97 Å². The van der Waals surface area contributed by atoms with Crippen LogP contribution in [0.2, 0.25) is 0 Å². The standard InChI is InChI=1S/C21H22O4.C14H22N2O3/c1-2-3-16-24-19-13-10-18(11-14-19)21(23)25-20-8-4-6-17(9-12-20)7-5-15-22;1-18-6-4-2-3-5-7-19-14(17)11-8-12(15)10-13(16)9-11/h4-7,9-15H,2-3,8,16H2,1H3;8-10H,2-7,15-16H2,1H3/b7-5+;. The van der Waals surface area contributed by atoms with Crippen LogP contribution >= 0.6 is 0 Å². The Morgan fingerprint density at radius 3 is 2.20 bits per heavy atom. The van der Waals surface area contributed by atoms with Crippen molar-refractivity contribution in [2.45, 2.75) is 51.9 Å². The van der Waals surface area contributed by atoms with Crippen LogP contribution in [0, 0.1) is 0 Å². The number of methoxy groups -OCH3 is 1. The molecule has 0 saturated carbocycles. The van der Waals surface area contributed by atoms with Crippen LogP contribution in [0.3, 0.4) is 0 Å². The molecule has 44 heavy (non-hydrogen) atoms. The van der Waals surface area contributed by atoms with Crippen molar-refractivity contribution in [2.24, 2.45) is 0 Å². The molecule has 0 aromatic heterocycles. The van der Waals surface area contributed by atoms with E-state index >= 15 is 0 Å². The molecule has 1 aliphatic carbocycles. The van der Waals surface area contributed by atoms with Gasteiger partial charge in [0.2, 0.25) is 0 Å². The van der Waals surface area contributed by atoms with E-state index in [0.29, 0.717) is 47.9 Å². The van der Waals surface area contributed by atoms with Gasteiger partial charge in [-0.15, -0.1) is 0 Å². The Kier molecular flexibility index (Phi) is 17.1. The van der Waals surface area contributed by atoms with Gasteiger partial charge in [-0.1, -0.05) is 44.1 Å². The lowest BCUT2D eigenvalue weighted by atomic mass is 10.2. The van der Waals surface area contributed by atoms with Crippen LogP contribution in [-0.2, 0) is 19.0 Å². The second-order valence-electron chi connectivity index (χ2n) is 9.95. The molecule has 9 nitrogen and oxygen atoms in total. The largest absolute Gasteiger partial charge is 0.494 e. The van der Waals surface area contributed by atoms with Gasteiger partial charge < -0.3 is 30.4 Å². The van der Waals surface area contributed by atoms with Crippen LogP contribution in [0.5, 0.6) is 5.75 Å². The molecule has 3 rings (SSSR count). The number of benzene rings is 2. The summed E-state index contributed by atoms with van der Waals surface area (Å²) in [7, 11) is 1.69. The molecule has 0 atom stereocenters. The number of unbranched alkanes of at least 4 members (excludes halogenated alkanes) is 4. The van der Waals surface area contributed by atoms with E-state index in [9.17, 15) is 14.4 Å². The Morgan fingerprint density at radius 2 is 1.55 bits per heavy atom. The first kappa shape index (κ1) is 35.6. The maximum Gasteiger partial charge on any atom is 0.343 e. The van der Waals surface area contributed by atoms with Crippen LogP contribution in [-0.4, -0.2) is 45.2 Å². The summed E-state index contributed by atoms with van der Waals surface area (Å²) < 4.78 is 21.1. The van der Waals surface area contributed by atoms with Crippen LogP contribution in [0.15, 0.2) is 90.3 Å². The fraction of sp³-hybridized carbons (Fsp3) is 0.343. The fourth-order valence-electron chi connectivity index (χ4n) is 3.91. The third kappa shape index (κ3) is 14.5. The number of esters is 2. The maximum atomic E-state index is 12.2. The molecule has 4 N–H and O–H groups in total. The van der Waals surface area contributed by atoms with E-state index in [2.05, 4.69) is 6.92 Å². The van der Waals surface area contributed by atoms with E-state index in [4.69, 9.17) is 30.4 Å². The summed E-state index contributed by atoms with van der Waals surface area (Å²) in [6.07, 6.45) is 17.7. The highest BCUT2D eigenvalue weighted by atomic mass is 16.5. The highest BCUT2D eigenvalue weighted by molar-refractivity contribution is 5.92. The van der Waals surface area contributed by atoms with Crippen molar-refractivity contribution in [3.8, 4) is 5.75 Å². The summed E-state index contributed by atoms with van der Waals surface area (Å²) in [6, 6.07) is 11.7. The summed E-state index contributed by atoms with van der Waals surface area (Å²) in [5.74, 6) is 0.520. The summed E-state index contributed by atoms with van der Waals surface area (Å²) in [4.78, 5) is 34.3. The Morgan fingerprint density at radius 1 is 0.841 bits per heavy atom. The molecule has 0 radical (unpaired) electrons. The van der Waals surface area contributed by atoms with Gasteiger partial charge in [0.05, 0.1) is 24.3 Å². The van der Waals surface area contributed by atoms with Gasteiger partial charge in [-0.05, 0) is 85.9 Å². The van der Waals surface area contributed by atoms with Crippen molar-refractivity contribution in [1.82, 2.24) is 0 Å². The summed E-state index contributed by atoms with van der Waals surface area (Å²) in [5.41, 5.74) is 13.9. The van der Waals surface area contributed by atoms with Crippen molar-refractivity contribution in [2.75, 3.05) is 38.4 Å². The number of nitrogen functional groups attached to an aromatic ring is 2. The van der Waals surface area contributed by atoms with Gasteiger partial charge in [0.25, 0.3) is 0 Å². The Hall–Kier alpha value is -4.63. The van der Waals surface area contributed by atoms with Gasteiger partial charge >= 0.3 is 11.9 Å². The number of allylic oxidation sites excluding steroid dienone is 7. The average molecular weight is 605 g/mol. The zero-order valence-corrected chi connectivity index (χ0v) is 25.7. The van der Waals surface area contributed by atoms with E-state index in [1.54, 1.807) is 67.8 Å². The van der Waals surface area contributed by atoms with E-state index in [0.717, 1.165) is 62.7 Å². The number of rotatable bonds is 16. The van der Waals surface area contributed by atoms with Gasteiger partial charge in [0.1, 0.15) is 17.8 Å². The molecule has 9 heteroatoms. The third-order valence-corrected chi connectivity index (χ3v) is 6.23. The predicted octanol–water partition coefficient (Wildman–Crippen LogP) is 6.76. The minimum absolute atomic E-state index is 0.379. The lowest BCUT2D eigenvalue weighted by Gasteiger charge is -2.08. The lowest BCUT2D eigenvalue weighted by Crippen LogP contribution is -2.08. The molecule has 1 aliphatic rings. The van der Waals surface area contributed by atoms with Gasteiger partial charge in [-0.3, -0.25) is 4.79 Å². The zero-order chi connectivity index (χ0) is 32.0. The molecule has 0 spiro atoms. The van der Waals surface area contributed by atoms with Crippen molar-refractivity contribution < 1.29 is 33.3 Å². The normalized spacial score (nSPS) is 12.3. The maximum absolute atomic E-state index is 12.2. The number of hydrogen-bond donors (Lipinski definition) is 2. The summed E-state index contributed by atoms with van der Waals surface area (Å²) >= 11 is 0. The zero-order valence-electron chi connectivity index (χ0n) is 25.7. The number of hydrogen-bond acceptors (Lipinski definition) is 9. The first-order valence-corrected chi connectivity index (χ1v) is 14.8. The number of anilines is 2. The molecule has 0 bridgehead atoms. The molecule has 0 aliphatic heterocycles. The van der Waals surface area contributed by atoms with Crippen LogP contribution in [0.1, 0.15) is 72.6 Å². The van der Waals surface area contributed by atoms with E-state index in [1.165, 1.54) is 6.08 Å². The van der Waals surface area contributed by atoms with Gasteiger partial charge in [-0.25, -0.2) is 9.59 Å². The molecule has 0 heterocycles. The first-order chi connectivity index (χ1) is 21.4. The minimum Gasteiger partial charge on any atom is -0.494 e. The minimum atomic E-state index is -0.403. The fourth-order valence-corrected chi connectivity index (χ4v) is 3.91. The average Bonchev–Trinajstić information content (AvgIpc) is 3.24. The molecule has 0 amide bonds. The van der Waals surface area contributed by atoms with Crippen molar-refractivity contribution >= 4 is 29.6 Å². The van der Waals surface area contributed by atoms with Crippen LogP contribution in [0.25, 0.3) is 0 Å². The summed E-state index contributed by atoms with van der Waals surface area (Å²) in [6.45, 7) is 3.98. The third-order valence-electron chi connectivity index (χ3n) is 6.23. The topological polar surface area (TPSA) is 140 Å². The van der Waals surface area contributed by atoms with Gasteiger partial charge in [-0.2, -0.15) is 0 Å². The number of carbonyl (C=O) groups is 3. The number of nitrogens with two attached hydrogens (primary N) is 2. The SMILES string of the molecule is CCCCOc1ccc(C(=O)OC2=CC=C(/C=C/C=O)C=CC2)cc1.COCCCCCCOC(=O)c1cc(N)cc(N)c1. The van der Waals surface area contributed by atoms with Crippen LogP contribution in [0.4, 0.5) is 11.4 Å². The second kappa shape index (κ2) is 21.1. The monoisotopic (exact) mass is 604 g/mol. The Bertz CT molecular complexity index is 1290. The number of ether oxygens (including phenoxy) is 4. The molecule has 236 valence electrons. The van der Waals surface area contributed by atoms with E-state index in [1.807, 2.05) is 12.2 Å². The second-order valence-corrected chi connectivity index (χ2v) is 9.95. The number of aldehydes is 1. The molecule has 0 saturated heterocycles. The molecular weight excluding hydrogens is 560 g/mol. The highest BCUT2D eigenvalue weighted by Crippen LogP contribution is 2.18. The summed E-state index contributed by atoms with van der Waals surface area (Å²) in [5, 5.41) is 0. The van der Waals surface area contributed by atoms with Crippen LogP contribution < -0.4 is 16.2 Å². The lowest BCUT2D eigenvalue weighted by molar-refractivity contribution is -0.104. The predicted molar refractivity (Wildman–Crippen MR) is 173 cm³/mol. The molecule has 0 unspecified atom stereocenters. The molecular formula is C35H44N2O7. The molecule has 0 fully saturated rings. The highest BCUT2D eigenvalue weighted by Gasteiger charge is 2.11. The van der Waals surface area contributed by atoms with Crippen molar-refractivity contribution in [3.05, 3.63) is 101 Å². The van der Waals surface area contributed by atoms with Crippen molar-refractivity contribution in [1.29, 1.82) is 0 Å². The smallest absolute Gasteiger partial charge is 0.343 e. The quantitative estimate of drug-likeness (QED) is 0.0699. The first-order valence-electron chi connectivity index (χ1n) is 14.8. The Labute approximate surface area is 260 Å². The van der Waals surface area contributed by atoms with Crippen molar-refractivity contribution in [3.63, 3.8) is 0 Å². The van der Waals surface area contributed by atoms with Gasteiger partial charge in [0, 0.05) is 31.5 Å². The van der Waals surface area contributed by atoms with E-state index < -0.39 is 5.97 Å². The molecule has 2 aromatic carbocycles.